The average Bonchev–Trinajstić information content (AvgIpc) is 2.26. The number of hydrogen-bond acceptors (Lipinski definition) is 4. The van der Waals surface area contributed by atoms with Gasteiger partial charge in [0.1, 0.15) is 18.0 Å². The highest BCUT2D eigenvalue weighted by Gasteiger charge is 2.27. The van der Waals surface area contributed by atoms with E-state index in [2.05, 4.69) is 22.2 Å². The number of hydrogen-bond donors (Lipinski definition) is 2. The van der Waals surface area contributed by atoms with Crippen LogP contribution in [0.1, 0.15) is 44.6 Å². The second kappa shape index (κ2) is 4.28. The Labute approximate surface area is 96.7 Å². The summed E-state index contributed by atoms with van der Waals surface area (Å²) in [6, 6.07) is 0. The molecule has 0 atom stereocenters. The van der Waals surface area contributed by atoms with E-state index >= 15 is 0 Å². The third kappa shape index (κ3) is 2.26. The lowest BCUT2D eigenvalue weighted by molar-refractivity contribution is 0.348. The van der Waals surface area contributed by atoms with E-state index in [1.807, 2.05) is 6.92 Å². The van der Waals surface area contributed by atoms with Crippen LogP contribution in [-0.4, -0.2) is 15.5 Å². The van der Waals surface area contributed by atoms with E-state index in [1.165, 1.54) is 38.4 Å². The first-order valence-corrected chi connectivity index (χ1v) is 5.96. The van der Waals surface area contributed by atoms with Gasteiger partial charge in [0.2, 0.25) is 0 Å². The lowest BCUT2D eigenvalue weighted by Gasteiger charge is -2.35. The standard InChI is InChI=1S/C12H20N4/c1-9-10(13)14-8-15-11(9)16-12(2)6-4-3-5-7-12/h8H,3-7H2,1-2H3,(H3,13,14,15,16). The molecule has 4 heteroatoms. The highest BCUT2D eigenvalue weighted by molar-refractivity contribution is 5.54. The van der Waals surface area contributed by atoms with Crippen molar-refractivity contribution in [3.8, 4) is 0 Å². The van der Waals surface area contributed by atoms with E-state index in [0.717, 1.165) is 11.4 Å². The van der Waals surface area contributed by atoms with Crippen LogP contribution in [0.5, 0.6) is 0 Å². The van der Waals surface area contributed by atoms with Gasteiger partial charge in [0, 0.05) is 11.1 Å². The number of nitrogens with zero attached hydrogens (tertiary/aromatic N) is 2. The minimum atomic E-state index is 0.170. The van der Waals surface area contributed by atoms with Crippen LogP contribution in [0.15, 0.2) is 6.33 Å². The molecule has 4 nitrogen and oxygen atoms in total. The van der Waals surface area contributed by atoms with E-state index in [1.54, 1.807) is 0 Å². The van der Waals surface area contributed by atoms with Gasteiger partial charge >= 0.3 is 0 Å². The summed E-state index contributed by atoms with van der Waals surface area (Å²) in [6.07, 6.45) is 7.87. The minimum absolute atomic E-state index is 0.170. The van der Waals surface area contributed by atoms with Gasteiger partial charge < -0.3 is 11.1 Å². The minimum Gasteiger partial charge on any atom is -0.383 e. The number of rotatable bonds is 2. The topological polar surface area (TPSA) is 63.8 Å². The van der Waals surface area contributed by atoms with E-state index in [0.29, 0.717) is 5.82 Å². The van der Waals surface area contributed by atoms with Crippen molar-refractivity contribution in [3.63, 3.8) is 0 Å². The Morgan fingerprint density at radius 3 is 2.62 bits per heavy atom. The highest BCUT2D eigenvalue weighted by Crippen LogP contribution is 2.31. The van der Waals surface area contributed by atoms with E-state index in [-0.39, 0.29) is 5.54 Å². The molecule has 0 unspecified atom stereocenters. The molecule has 0 aromatic carbocycles. The van der Waals surface area contributed by atoms with Crippen LogP contribution in [0.2, 0.25) is 0 Å². The smallest absolute Gasteiger partial charge is 0.134 e. The largest absolute Gasteiger partial charge is 0.383 e. The van der Waals surface area contributed by atoms with Crippen molar-refractivity contribution in [2.24, 2.45) is 0 Å². The van der Waals surface area contributed by atoms with Crippen LogP contribution in [0.4, 0.5) is 11.6 Å². The fourth-order valence-electron chi connectivity index (χ4n) is 2.33. The molecule has 0 saturated heterocycles. The van der Waals surface area contributed by atoms with E-state index in [4.69, 9.17) is 5.73 Å². The molecule has 1 aromatic heterocycles. The monoisotopic (exact) mass is 220 g/mol. The van der Waals surface area contributed by atoms with Gasteiger partial charge in [0.25, 0.3) is 0 Å². The molecule has 0 bridgehead atoms. The molecule has 0 amide bonds. The molecule has 1 fully saturated rings. The van der Waals surface area contributed by atoms with Crippen molar-refractivity contribution in [3.05, 3.63) is 11.9 Å². The Kier molecular flexibility index (Phi) is 2.99. The summed E-state index contributed by atoms with van der Waals surface area (Å²) in [5, 5.41) is 3.54. The van der Waals surface area contributed by atoms with Crippen LogP contribution in [0, 0.1) is 6.92 Å². The highest BCUT2D eigenvalue weighted by atomic mass is 15.1. The molecule has 1 saturated carbocycles. The molecule has 0 spiro atoms. The third-order valence-electron chi connectivity index (χ3n) is 3.50. The van der Waals surface area contributed by atoms with Crippen LogP contribution >= 0.6 is 0 Å². The second-order valence-corrected chi connectivity index (χ2v) is 4.98. The summed E-state index contributed by atoms with van der Waals surface area (Å²) >= 11 is 0. The molecule has 3 N–H and O–H groups in total. The maximum Gasteiger partial charge on any atom is 0.134 e. The quantitative estimate of drug-likeness (QED) is 0.803. The van der Waals surface area contributed by atoms with E-state index < -0.39 is 0 Å². The molecule has 1 aliphatic rings. The molecule has 1 aromatic rings. The second-order valence-electron chi connectivity index (χ2n) is 4.98. The van der Waals surface area contributed by atoms with Crippen molar-refractivity contribution < 1.29 is 0 Å². The Morgan fingerprint density at radius 2 is 1.94 bits per heavy atom. The van der Waals surface area contributed by atoms with Gasteiger partial charge in [-0.15, -0.1) is 0 Å². The van der Waals surface area contributed by atoms with Gasteiger partial charge in [-0.05, 0) is 26.7 Å². The van der Waals surface area contributed by atoms with Gasteiger partial charge in [0.05, 0.1) is 0 Å². The van der Waals surface area contributed by atoms with Crippen molar-refractivity contribution in [1.29, 1.82) is 0 Å². The molecule has 1 aliphatic carbocycles. The SMILES string of the molecule is Cc1c(N)ncnc1NC1(C)CCCCC1. The summed E-state index contributed by atoms with van der Waals surface area (Å²) in [7, 11) is 0. The first-order chi connectivity index (χ1) is 7.61. The zero-order valence-corrected chi connectivity index (χ0v) is 10.1. The predicted molar refractivity (Wildman–Crippen MR) is 66.3 cm³/mol. The van der Waals surface area contributed by atoms with Crippen molar-refractivity contribution in [1.82, 2.24) is 9.97 Å². The normalized spacial score (nSPS) is 19.4. The lowest BCUT2D eigenvalue weighted by atomic mass is 9.83. The molecular weight excluding hydrogens is 200 g/mol. The van der Waals surface area contributed by atoms with E-state index in [9.17, 15) is 0 Å². The molecule has 0 aliphatic heterocycles. The van der Waals surface area contributed by atoms with Gasteiger partial charge in [-0.3, -0.25) is 0 Å². The van der Waals surface area contributed by atoms with Crippen molar-refractivity contribution >= 4 is 11.6 Å². The van der Waals surface area contributed by atoms with Crippen LogP contribution < -0.4 is 11.1 Å². The third-order valence-corrected chi connectivity index (χ3v) is 3.50. The number of anilines is 2. The average molecular weight is 220 g/mol. The number of nitrogens with one attached hydrogen (secondary N) is 1. The zero-order chi connectivity index (χ0) is 11.6. The summed E-state index contributed by atoms with van der Waals surface area (Å²) in [5.41, 5.74) is 6.90. The van der Waals surface area contributed by atoms with Gasteiger partial charge in [-0.25, -0.2) is 9.97 Å². The molecular formula is C12H20N4. The Bertz CT molecular complexity index is 369. The number of nitrogen functional groups attached to an aromatic ring is 1. The van der Waals surface area contributed by atoms with Gasteiger partial charge in [0.15, 0.2) is 0 Å². The Hall–Kier alpha value is -1.32. The fraction of sp³-hybridized carbons (Fsp3) is 0.667. The Balaban J connectivity index is 2.16. The molecule has 1 heterocycles. The van der Waals surface area contributed by atoms with Crippen LogP contribution in [0.3, 0.4) is 0 Å². The first kappa shape index (κ1) is 11.2. The zero-order valence-electron chi connectivity index (χ0n) is 10.1. The predicted octanol–water partition coefficient (Wildman–Crippen LogP) is 2.50. The lowest BCUT2D eigenvalue weighted by Crippen LogP contribution is -2.37. The van der Waals surface area contributed by atoms with Crippen LogP contribution in [-0.2, 0) is 0 Å². The number of nitrogens with two attached hydrogens (primary N) is 1. The summed E-state index contributed by atoms with van der Waals surface area (Å²) in [5.74, 6) is 1.45. The fourth-order valence-corrected chi connectivity index (χ4v) is 2.33. The number of aromatic nitrogens is 2. The molecule has 2 rings (SSSR count). The van der Waals surface area contributed by atoms with Gasteiger partial charge in [-0.2, -0.15) is 0 Å². The molecule has 88 valence electrons. The molecule has 0 radical (unpaired) electrons. The summed E-state index contributed by atoms with van der Waals surface area (Å²) in [6.45, 7) is 4.23. The molecule has 16 heavy (non-hydrogen) atoms. The van der Waals surface area contributed by atoms with Gasteiger partial charge in [-0.1, -0.05) is 19.3 Å². The van der Waals surface area contributed by atoms with Crippen molar-refractivity contribution in [2.45, 2.75) is 51.5 Å². The Morgan fingerprint density at radius 1 is 1.25 bits per heavy atom. The van der Waals surface area contributed by atoms with Crippen LogP contribution in [0.25, 0.3) is 0 Å². The first-order valence-electron chi connectivity index (χ1n) is 5.96. The van der Waals surface area contributed by atoms with Crippen molar-refractivity contribution in [2.75, 3.05) is 11.1 Å². The maximum atomic E-state index is 5.78. The summed E-state index contributed by atoms with van der Waals surface area (Å²) < 4.78 is 0. The maximum absolute atomic E-state index is 5.78. The summed E-state index contributed by atoms with van der Waals surface area (Å²) in [4.78, 5) is 8.26.